The fourth-order valence-electron chi connectivity index (χ4n) is 3.34. The Balaban J connectivity index is 1.49. The maximum absolute atomic E-state index is 12.4. The molecule has 0 aliphatic carbocycles. The summed E-state index contributed by atoms with van der Waals surface area (Å²) in [4.78, 5) is 25.4. The highest BCUT2D eigenvalue weighted by molar-refractivity contribution is 5.78. The predicted molar refractivity (Wildman–Crippen MR) is 92.4 cm³/mol. The third kappa shape index (κ3) is 4.19. The van der Waals surface area contributed by atoms with Crippen LogP contribution in [0.5, 0.6) is 0 Å². The highest BCUT2D eigenvalue weighted by Crippen LogP contribution is 2.10. The van der Waals surface area contributed by atoms with Crippen molar-refractivity contribution in [3.8, 4) is 0 Å². The molecule has 8 nitrogen and oxygen atoms in total. The first-order valence-electron chi connectivity index (χ1n) is 8.68. The molecule has 2 fully saturated rings. The predicted octanol–water partition coefficient (Wildman–Crippen LogP) is -0.642. The third-order valence-corrected chi connectivity index (χ3v) is 4.73. The number of nitrogens with zero attached hydrogens (tertiary/aromatic N) is 4. The molecule has 24 heavy (non-hydrogen) atoms. The van der Waals surface area contributed by atoms with E-state index >= 15 is 0 Å². The zero-order valence-electron chi connectivity index (χ0n) is 14.4. The number of carbonyl (C=O) groups is 1. The van der Waals surface area contributed by atoms with E-state index in [1.165, 1.54) is 0 Å². The number of anilines is 1. The van der Waals surface area contributed by atoms with Crippen molar-refractivity contribution in [2.75, 3.05) is 37.6 Å². The lowest BCUT2D eigenvalue weighted by Crippen LogP contribution is -2.50. The van der Waals surface area contributed by atoms with E-state index in [2.05, 4.69) is 49.8 Å². The van der Waals surface area contributed by atoms with Gasteiger partial charge in [-0.3, -0.25) is 20.5 Å². The number of amides is 1. The van der Waals surface area contributed by atoms with Gasteiger partial charge in [0.1, 0.15) is 0 Å². The Bertz CT molecular complexity index is 530. The number of nitrogens with one attached hydrogen (secondary N) is 3. The fraction of sp³-hybridized carbons (Fsp3) is 0.688. The molecule has 1 aromatic rings. The number of hydrogen-bond donors (Lipinski definition) is 3. The van der Waals surface area contributed by atoms with Gasteiger partial charge in [0.05, 0.1) is 12.6 Å². The van der Waals surface area contributed by atoms with Gasteiger partial charge >= 0.3 is 0 Å². The SMILES string of the molecule is CC1NNC(C)C1NC(=O)CN1CCCN(c2ncccn2)CC1. The normalized spacial score (nSPS) is 28.6. The van der Waals surface area contributed by atoms with Crippen LogP contribution in [0.4, 0.5) is 5.95 Å². The van der Waals surface area contributed by atoms with E-state index < -0.39 is 0 Å². The van der Waals surface area contributed by atoms with Crippen LogP contribution in [0.25, 0.3) is 0 Å². The second-order valence-electron chi connectivity index (χ2n) is 6.62. The van der Waals surface area contributed by atoms with Gasteiger partial charge in [0.25, 0.3) is 0 Å². The van der Waals surface area contributed by atoms with E-state index in [0.717, 1.165) is 38.5 Å². The van der Waals surface area contributed by atoms with Gasteiger partial charge in [-0.25, -0.2) is 9.97 Å². The second kappa shape index (κ2) is 7.87. The van der Waals surface area contributed by atoms with Crippen molar-refractivity contribution in [3.05, 3.63) is 18.5 Å². The van der Waals surface area contributed by atoms with Gasteiger partial charge in [-0.1, -0.05) is 0 Å². The van der Waals surface area contributed by atoms with Crippen LogP contribution in [0.3, 0.4) is 0 Å². The molecule has 1 aromatic heterocycles. The largest absolute Gasteiger partial charge is 0.349 e. The van der Waals surface area contributed by atoms with Crippen LogP contribution in [-0.2, 0) is 4.79 Å². The molecule has 3 heterocycles. The van der Waals surface area contributed by atoms with Crippen LogP contribution in [0.1, 0.15) is 20.3 Å². The quantitative estimate of drug-likeness (QED) is 0.676. The summed E-state index contributed by atoms with van der Waals surface area (Å²) in [7, 11) is 0. The summed E-state index contributed by atoms with van der Waals surface area (Å²) < 4.78 is 0. The lowest BCUT2D eigenvalue weighted by molar-refractivity contribution is -0.123. The molecule has 132 valence electrons. The number of rotatable bonds is 4. The number of carbonyl (C=O) groups excluding carboxylic acids is 1. The molecule has 0 radical (unpaired) electrons. The number of hydrazine groups is 1. The van der Waals surface area contributed by atoms with Crippen LogP contribution >= 0.6 is 0 Å². The topological polar surface area (TPSA) is 85.4 Å². The van der Waals surface area contributed by atoms with Crippen LogP contribution in [0.15, 0.2) is 18.5 Å². The Hall–Kier alpha value is -1.77. The summed E-state index contributed by atoms with van der Waals surface area (Å²) in [5.74, 6) is 0.864. The van der Waals surface area contributed by atoms with Crippen molar-refractivity contribution in [2.45, 2.75) is 38.4 Å². The Morgan fingerprint density at radius 3 is 2.58 bits per heavy atom. The van der Waals surface area contributed by atoms with E-state index in [-0.39, 0.29) is 24.0 Å². The first-order valence-corrected chi connectivity index (χ1v) is 8.68. The Morgan fingerprint density at radius 2 is 1.88 bits per heavy atom. The lowest BCUT2D eigenvalue weighted by atomic mass is 10.1. The van der Waals surface area contributed by atoms with Crippen LogP contribution in [-0.4, -0.2) is 71.6 Å². The highest BCUT2D eigenvalue weighted by Gasteiger charge is 2.31. The van der Waals surface area contributed by atoms with Gasteiger partial charge in [0, 0.05) is 50.7 Å². The smallest absolute Gasteiger partial charge is 0.234 e. The summed E-state index contributed by atoms with van der Waals surface area (Å²) in [6.07, 6.45) is 4.54. The van der Waals surface area contributed by atoms with E-state index in [9.17, 15) is 4.79 Å². The molecule has 2 unspecified atom stereocenters. The second-order valence-corrected chi connectivity index (χ2v) is 6.62. The highest BCUT2D eigenvalue weighted by atomic mass is 16.2. The molecule has 3 rings (SSSR count). The van der Waals surface area contributed by atoms with E-state index in [1.807, 2.05) is 6.07 Å². The Labute approximate surface area is 143 Å². The molecule has 2 aliphatic heterocycles. The van der Waals surface area contributed by atoms with E-state index in [4.69, 9.17) is 0 Å². The molecule has 2 atom stereocenters. The minimum absolute atomic E-state index is 0.0913. The van der Waals surface area contributed by atoms with Crippen molar-refractivity contribution in [3.63, 3.8) is 0 Å². The number of hydrogen-bond acceptors (Lipinski definition) is 7. The fourth-order valence-corrected chi connectivity index (χ4v) is 3.34. The molecular weight excluding hydrogens is 306 g/mol. The van der Waals surface area contributed by atoms with Gasteiger partial charge in [0.15, 0.2) is 0 Å². The molecule has 2 saturated heterocycles. The minimum atomic E-state index is 0.0913. The van der Waals surface area contributed by atoms with E-state index in [0.29, 0.717) is 6.54 Å². The Morgan fingerprint density at radius 1 is 1.17 bits per heavy atom. The van der Waals surface area contributed by atoms with Crippen LogP contribution in [0, 0.1) is 0 Å². The third-order valence-electron chi connectivity index (χ3n) is 4.73. The lowest BCUT2D eigenvalue weighted by Gasteiger charge is -2.24. The summed E-state index contributed by atoms with van der Waals surface area (Å²) in [6, 6.07) is 2.42. The summed E-state index contributed by atoms with van der Waals surface area (Å²) in [5.41, 5.74) is 6.33. The summed E-state index contributed by atoms with van der Waals surface area (Å²) in [5, 5.41) is 3.15. The molecule has 0 spiro atoms. The van der Waals surface area contributed by atoms with Crippen molar-refractivity contribution < 1.29 is 4.79 Å². The average molecular weight is 333 g/mol. The maximum atomic E-state index is 12.4. The van der Waals surface area contributed by atoms with Crippen molar-refractivity contribution >= 4 is 11.9 Å². The maximum Gasteiger partial charge on any atom is 0.234 e. The van der Waals surface area contributed by atoms with E-state index in [1.54, 1.807) is 12.4 Å². The van der Waals surface area contributed by atoms with Gasteiger partial charge in [-0.05, 0) is 26.3 Å². The molecule has 2 aliphatic rings. The van der Waals surface area contributed by atoms with Gasteiger partial charge < -0.3 is 10.2 Å². The van der Waals surface area contributed by atoms with Crippen LogP contribution in [0.2, 0.25) is 0 Å². The molecule has 1 amide bonds. The molecule has 3 N–H and O–H groups in total. The first kappa shape index (κ1) is 17.1. The van der Waals surface area contributed by atoms with Crippen molar-refractivity contribution in [1.82, 2.24) is 31.0 Å². The first-order chi connectivity index (χ1) is 11.6. The minimum Gasteiger partial charge on any atom is -0.349 e. The van der Waals surface area contributed by atoms with Gasteiger partial charge in [0.2, 0.25) is 11.9 Å². The molecule has 8 heteroatoms. The zero-order valence-corrected chi connectivity index (χ0v) is 14.4. The Kier molecular flexibility index (Phi) is 5.60. The summed E-state index contributed by atoms with van der Waals surface area (Å²) >= 11 is 0. The standard InChI is InChI=1S/C16H27N7O/c1-12-15(13(2)21-20-12)19-14(24)11-22-7-4-8-23(10-9-22)16-17-5-3-6-18-16/h3,5-6,12-13,15,20-21H,4,7-11H2,1-2H3,(H,19,24). The van der Waals surface area contributed by atoms with Gasteiger partial charge in [-0.15, -0.1) is 0 Å². The summed E-state index contributed by atoms with van der Waals surface area (Å²) in [6.45, 7) is 8.12. The molecule has 0 saturated carbocycles. The molecular formula is C16H27N7O. The van der Waals surface area contributed by atoms with Crippen LogP contribution < -0.4 is 21.1 Å². The van der Waals surface area contributed by atoms with Crippen molar-refractivity contribution in [1.29, 1.82) is 0 Å². The zero-order chi connectivity index (χ0) is 16.9. The van der Waals surface area contributed by atoms with Gasteiger partial charge in [-0.2, -0.15) is 0 Å². The monoisotopic (exact) mass is 333 g/mol. The van der Waals surface area contributed by atoms with Crippen molar-refractivity contribution in [2.24, 2.45) is 0 Å². The molecule has 0 bridgehead atoms. The number of aromatic nitrogens is 2. The molecule has 0 aromatic carbocycles. The average Bonchev–Trinajstić information content (AvgIpc) is 2.79.